The van der Waals surface area contributed by atoms with Crippen LogP contribution in [0.5, 0.6) is 5.75 Å². The van der Waals surface area contributed by atoms with E-state index >= 15 is 0 Å². The van der Waals surface area contributed by atoms with Crippen molar-refractivity contribution in [3.8, 4) is 5.75 Å². The molecule has 0 spiro atoms. The zero-order valence-electron chi connectivity index (χ0n) is 10.9. The van der Waals surface area contributed by atoms with Crippen LogP contribution in [0, 0.1) is 6.92 Å². The van der Waals surface area contributed by atoms with Crippen molar-refractivity contribution in [2.45, 2.75) is 6.92 Å². The van der Waals surface area contributed by atoms with Gasteiger partial charge in [-0.2, -0.15) is 4.89 Å². The van der Waals surface area contributed by atoms with Crippen LogP contribution < -0.4 is 10.2 Å². The lowest BCUT2D eigenvalue weighted by molar-refractivity contribution is -0.215. The van der Waals surface area contributed by atoms with Gasteiger partial charge in [-0.15, -0.1) is 0 Å². The Morgan fingerprint density at radius 3 is 2.63 bits per heavy atom. The molecule has 0 radical (unpaired) electrons. The molecule has 6 heteroatoms. The second-order valence-electron chi connectivity index (χ2n) is 3.84. The first-order chi connectivity index (χ1) is 9.22. The monoisotopic (exact) mass is 269 g/mol. The zero-order valence-corrected chi connectivity index (χ0v) is 10.9. The molecule has 106 valence electrons. The number of amides is 1. The molecule has 0 heterocycles. The Morgan fingerprint density at radius 2 is 1.95 bits per heavy atom. The highest BCUT2D eigenvalue weighted by Gasteiger charge is 1.97. The quantitative estimate of drug-likeness (QED) is 0.386. The van der Waals surface area contributed by atoms with Crippen molar-refractivity contribution in [1.82, 2.24) is 5.32 Å². The fourth-order valence-corrected chi connectivity index (χ4v) is 1.22. The number of benzene rings is 1. The van der Waals surface area contributed by atoms with Gasteiger partial charge in [-0.25, -0.2) is 0 Å². The van der Waals surface area contributed by atoms with E-state index in [-0.39, 0.29) is 0 Å². The summed E-state index contributed by atoms with van der Waals surface area (Å²) in [4.78, 5) is 20.7. The maximum Gasteiger partial charge on any atom is 0.245 e. The largest absolute Gasteiger partial charge is 0.387 e. The lowest BCUT2D eigenvalue weighted by Gasteiger charge is -2.06. The second-order valence-corrected chi connectivity index (χ2v) is 3.84. The van der Waals surface area contributed by atoms with Crippen LogP contribution in [0.25, 0.3) is 0 Å². The van der Waals surface area contributed by atoms with Crippen LogP contribution in [0.3, 0.4) is 0 Å². The normalized spacial score (nSPS) is 10.2. The number of carbonyl (C=O) groups excluding carboxylic acids is 1. The molecular weight excluding hydrogens is 250 g/mol. The number of carbonyl (C=O) groups is 1. The summed E-state index contributed by atoms with van der Waals surface area (Å²) in [6.07, 6.45) is 0. The summed E-state index contributed by atoms with van der Waals surface area (Å²) in [5.74, 6) is 0.225. The molecule has 1 amide bonds. The molecule has 2 N–H and O–H groups in total. The fraction of sp³-hybridized carbons (Fsp3) is 0.462. The van der Waals surface area contributed by atoms with E-state index in [0.717, 1.165) is 5.56 Å². The summed E-state index contributed by atoms with van der Waals surface area (Å²) in [6, 6.07) is 7.50. The molecule has 6 nitrogen and oxygen atoms in total. The number of hydrogen-bond donors (Lipinski definition) is 2. The van der Waals surface area contributed by atoms with Crippen LogP contribution in [0.4, 0.5) is 0 Å². The summed E-state index contributed by atoms with van der Waals surface area (Å²) in [6.45, 7) is 2.86. The molecule has 0 saturated heterocycles. The maximum absolute atomic E-state index is 10.7. The molecule has 0 aliphatic rings. The first-order valence-corrected chi connectivity index (χ1v) is 6.04. The highest BCUT2D eigenvalue weighted by Crippen LogP contribution is 2.11. The van der Waals surface area contributed by atoms with Crippen LogP contribution in [0.2, 0.25) is 0 Å². The minimum Gasteiger partial charge on any atom is -0.387 e. The number of rotatable bonds is 9. The van der Waals surface area contributed by atoms with E-state index < -0.39 is 12.5 Å². The van der Waals surface area contributed by atoms with Crippen LogP contribution >= 0.6 is 0 Å². The summed E-state index contributed by atoms with van der Waals surface area (Å²) >= 11 is 0. The summed E-state index contributed by atoms with van der Waals surface area (Å²) in [5, 5.41) is 10.9. The fourth-order valence-electron chi connectivity index (χ4n) is 1.22. The average molecular weight is 269 g/mol. The van der Waals surface area contributed by atoms with Gasteiger partial charge in [0.1, 0.15) is 13.2 Å². The Balaban J connectivity index is 1.94. The first kappa shape index (κ1) is 15.4. The summed E-state index contributed by atoms with van der Waals surface area (Å²) in [7, 11) is 0. The summed E-state index contributed by atoms with van der Waals surface area (Å²) in [5.41, 5.74) is 1.15. The molecule has 0 saturated carbocycles. The third-order valence-electron chi connectivity index (χ3n) is 2.20. The molecular formula is C13H19NO5. The Hall–Kier alpha value is -1.63. The van der Waals surface area contributed by atoms with E-state index in [2.05, 4.69) is 5.32 Å². The molecule has 0 unspecified atom stereocenters. The van der Waals surface area contributed by atoms with Crippen molar-refractivity contribution in [3.63, 3.8) is 0 Å². The average Bonchev–Trinajstić information content (AvgIpc) is 2.43. The number of aryl methyl sites for hydroxylation is 1. The van der Waals surface area contributed by atoms with E-state index in [4.69, 9.17) is 19.6 Å². The zero-order chi connectivity index (χ0) is 13.9. The van der Waals surface area contributed by atoms with Crippen LogP contribution in [-0.4, -0.2) is 44.0 Å². The lowest BCUT2D eigenvalue weighted by Crippen LogP contribution is -2.29. The standard InChI is InChI=1S/C13H19NO5/c1-11-2-4-12(5-3-11)19-18-9-8-17-7-6-14-13(16)10-15/h2-5,15H,6-10H2,1H3,(H,14,16). The molecule has 1 aromatic carbocycles. The Bertz CT molecular complexity index is 366. The molecule has 1 aromatic rings. The highest BCUT2D eigenvalue weighted by molar-refractivity contribution is 5.76. The Labute approximate surface area is 112 Å². The van der Waals surface area contributed by atoms with Crippen molar-refractivity contribution in [1.29, 1.82) is 0 Å². The van der Waals surface area contributed by atoms with Gasteiger partial charge in [0.15, 0.2) is 5.75 Å². The SMILES string of the molecule is Cc1ccc(OOCCOCCNC(=O)CO)cc1. The van der Waals surface area contributed by atoms with Crippen LogP contribution in [0.1, 0.15) is 5.56 Å². The van der Waals surface area contributed by atoms with Crippen molar-refractivity contribution >= 4 is 5.91 Å². The topological polar surface area (TPSA) is 77.0 Å². The Morgan fingerprint density at radius 1 is 1.21 bits per heavy atom. The number of hydrogen-bond acceptors (Lipinski definition) is 5. The molecule has 0 fully saturated rings. The molecule has 0 aliphatic carbocycles. The van der Waals surface area contributed by atoms with Gasteiger partial charge in [-0.1, -0.05) is 17.7 Å². The predicted molar refractivity (Wildman–Crippen MR) is 68.7 cm³/mol. The van der Waals surface area contributed by atoms with Gasteiger partial charge in [0.2, 0.25) is 5.91 Å². The second kappa shape index (κ2) is 9.32. The molecule has 0 aliphatic heterocycles. The molecule has 19 heavy (non-hydrogen) atoms. The van der Waals surface area contributed by atoms with Crippen molar-refractivity contribution in [2.75, 3.05) is 33.0 Å². The van der Waals surface area contributed by atoms with Gasteiger partial charge in [0.05, 0.1) is 13.2 Å². The number of nitrogens with one attached hydrogen (secondary N) is 1. The third kappa shape index (κ3) is 7.40. The number of aliphatic hydroxyl groups excluding tert-OH is 1. The molecule has 0 bridgehead atoms. The minimum absolute atomic E-state index is 0.293. The highest BCUT2D eigenvalue weighted by atomic mass is 17.2. The first-order valence-electron chi connectivity index (χ1n) is 6.04. The lowest BCUT2D eigenvalue weighted by atomic mass is 10.2. The van der Waals surface area contributed by atoms with Gasteiger partial charge in [0.25, 0.3) is 0 Å². The third-order valence-corrected chi connectivity index (χ3v) is 2.20. The minimum atomic E-state index is -0.506. The van der Waals surface area contributed by atoms with E-state index in [0.29, 0.717) is 32.1 Å². The molecule has 1 rings (SSSR count). The van der Waals surface area contributed by atoms with Gasteiger partial charge in [-0.3, -0.25) is 4.79 Å². The smallest absolute Gasteiger partial charge is 0.245 e. The number of ether oxygens (including phenoxy) is 1. The van der Waals surface area contributed by atoms with Crippen molar-refractivity contribution in [3.05, 3.63) is 29.8 Å². The summed E-state index contributed by atoms with van der Waals surface area (Å²) < 4.78 is 5.18. The van der Waals surface area contributed by atoms with Crippen LogP contribution in [-0.2, 0) is 14.4 Å². The van der Waals surface area contributed by atoms with Crippen molar-refractivity contribution < 1.29 is 24.4 Å². The predicted octanol–water partition coefficient (Wildman–Crippen LogP) is 0.431. The van der Waals surface area contributed by atoms with Gasteiger partial charge < -0.3 is 20.0 Å². The van der Waals surface area contributed by atoms with E-state index in [1.54, 1.807) is 0 Å². The number of aliphatic hydroxyl groups is 1. The molecule has 0 atom stereocenters. The van der Waals surface area contributed by atoms with Crippen molar-refractivity contribution in [2.24, 2.45) is 0 Å². The van der Waals surface area contributed by atoms with Gasteiger partial charge in [-0.05, 0) is 19.1 Å². The Kier molecular flexibility index (Phi) is 7.57. The van der Waals surface area contributed by atoms with E-state index in [9.17, 15) is 4.79 Å². The molecule has 0 aromatic heterocycles. The van der Waals surface area contributed by atoms with Crippen LogP contribution in [0.15, 0.2) is 24.3 Å². The van der Waals surface area contributed by atoms with E-state index in [1.165, 1.54) is 0 Å². The van der Waals surface area contributed by atoms with Gasteiger partial charge in [0, 0.05) is 6.54 Å². The van der Waals surface area contributed by atoms with Gasteiger partial charge >= 0.3 is 0 Å². The van der Waals surface area contributed by atoms with E-state index in [1.807, 2.05) is 31.2 Å². The maximum atomic E-state index is 10.7.